The third-order valence-corrected chi connectivity index (χ3v) is 7.95. The number of likely N-dealkylation sites (N-methyl/N-ethyl adjacent to an activating group) is 1. The molecule has 11 heteroatoms. The van der Waals surface area contributed by atoms with Gasteiger partial charge in [-0.2, -0.15) is 0 Å². The lowest BCUT2D eigenvalue weighted by Crippen LogP contribution is -2.50. The van der Waals surface area contributed by atoms with E-state index < -0.39 is 21.9 Å². The van der Waals surface area contributed by atoms with E-state index in [4.69, 9.17) is 16.3 Å². The van der Waals surface area contributed by atoms with Crippen LogP contribution in [0.3, 0.4) is 0 Å². The van der Waals surface area contributed by atoms with Crippen molar-refractivity contribution in [2.24, 2.45) is 0 Å². The molecule has 0 aliphatic carbocycles. The average molecular weight is 604 g/mol. The number of anilines is 1. The summed E-state index contributed by atoms with van der Waals surface area (Å²) in [6, 6.07) is 19.0. The second kappa shape index (κ2) is 14.8. The summed E-state index contributed by atoms with van der Waals surface area (Å²) in [6.45, 7) is 2.28. The van der Waals surface area contributed by atoms with Crippen LogP contribution in [0.2, 0.25) is 5.02 Å². The van der Waals surface area contributed by atoms with Gasteiger partial charge < -0.3 is 15.0 Å². The molecule has 8 nitrogen and oxygen atoms in total. The summed E-state index contributed by atoms with van der Waals surface area (Å²) in [5.74, 6) is -0.638. The van der Waals surface area contributed by atoms with Crippen molar-refractivity contribution in [3.63, 3.8) is 0 Å². The molecule has 0 spiro atoms. The molecule has 0 saturated carbocycles. The second-order valence-corrected chi connectivity index (χ2v) is 11.8. The van der Waals surface area contributed by atoms with Crippen molar-refractivity contribution in [1.82, 2.24) is 10.2 Å². The van der Waals surface area contributed by atoms with Crippen LogP contribution in [0, 0.1) is 5.82 Å². The Labute approximate surface area is 246 Å². The van der Waals surface area contributed by atoms with Crippen molar-refractivity contribution in [3.05, 3.63) is 94.8 Å². The number of hydrogen-bond acceptors (Lipinski definition) is 5. The van der Waals surface area contributed by atoms with Gasteiger partial charge in [0.2, 0.25) is 21.8 Å². The van der Waals surface area contributed by atoms with Gasteiger partial charge >= 0.3 is 0 Å². The lowest BCUT2D eigenvalue weighted by molar-refractivity contribution is -0.141. The highest BCUT2D eigenvalue weighted by Crippen LogP contribution is 2.30. The maximum atomic E-state index is 13.7. The summed E-state index contributed by atoms with van der Waals surface area (Å²) in [4.78, 5) is 28.5. The molecule has 0 aliphatic heterocycles. The number of nitrogens with one attached hydrogen (secondary N) is 1. The summed E-state index contributed by atoms with van der Waals surface area (Å²) < 4.78 is 45.2. The number of rotatable bonds is 14. The Morgan fingerprint density at radius 1 is 1.02 bits per heavy atom. The zero-order valence-electron chi connectivity index (χ0n) is 23.3. The van der Waals surface area contributed by atoms with Gasteiger partial charge in [-0.25, -0.2) is 12.8 Å². The monoisotopic (exact) mass is 603 g/mol. The number of sulfonamides is 1. The van der Waals surface area contributed by atoms with Crippen LogP contribution in [-0.2, 0) is 32.6 Å². The number of carbonyl (C=O) groups excluding carboxylic acids is 2. The maximum absolute atomic E-state index is 13.7. The first-order chi connectivity index (χ1) is 19.5. The minimum absolute atomic E-state index is 0.0160. The first-order valence-electron chi connectivity index (χ1n) is 13.2. The van der Waals surface area contributed by atoms with Crippen LogP contribution in [0.4, 0.5) is 10.1 Å². The largest absolute Gasteiger partial charge is 0.495 e. The molecule has 0 fully saturated rings. The molecule has 0 radical (unpaired) electrons. The van der Waals surface area contributed by atoms with Crippen molar-refractivity contribution in [1.29, 1.82) is 0 Å². The number of nitrogens with zero attached hydrogens (tertiary/aromatic N) is 2. The van der Waals surface area contributed by atoms with Crippen molar-refractivity contribution in [3.8, 4) is 5.75 Å². The summed E-state index contributed by atoms with van der Waals surface area (Å²) in [5.41, 5.74) is 1.88. The Morgan fingerprint density at radius 2 is 1.71 bits per heavy atom. The van der Waals surface area contributed by atoms with Crippen LogP contribution in [0.5, 0.6) is 5.75 Å². The van der Waals surface area contributed by atoms with Crippen molar-refractivity contribution >= 4 is 39.1 Å². The predicted molar refractivity (Wildman–Crippen MR) is 159 cm³/mol. The third-order valence-electron chi connectivity index (χ3n) is 6.46. The quantitative estimate of drug-likeness (QED) is 0.285. The van der Waals surface area contributed by atoms with Gasteiger partial charge in [0.05, 0.1) is 24.1 Å². The van der Waals surface area contributed by atoms with Gasteiger partial charge in [0.1, 0.15) is 17.6 Å². The fourth-order valence-electron chi connectivity index (χ4n) is 4.45. The fourth-order valence-corrected chi connectivity index (χ4v) is 5.66. The van der Waals surface area contributed by atoms with E-state index in [9.17, 15) is 22.4 Å². The van der Waals surface area contributed by atoms with Crippen LogP contribution in [0.1, 0.15) is 30.9 Å². The van der Waals surface area contributed by atoms with Crippen LogP contribution in [-0.4, -0.2) is 57.6 Å². The van der Waals surface area contributed by atoms with Gasteiger partial charge in [-0.3, -0.25) is 13.9 Å². The van der Waals surface area contributed by atoms with Crippen LogP contribution >= 0.6 is 11.6 Å². The molecule has 0 unspecified atom stereocenters. The summed E-state index contributed by atoms with van der Waals surface area (Å²) in [7, 11) is -2.23. The van der Waals surface area contributed by atoms with Gasteiger partial charge in [0.15, 0.2) is 0 Å². The number of methoxy groups -OCH3 is 1. The molecule has 1 N–H and O–H groups in total. The van der Waals surface area contributed by atoms with E-state index in [1.807, 2.05) is 30.3 Å². The van der Waals surface area contributed by atoms with Gasteiger partial charge in [-0.15, -0.1) is 0 Å². The molecule has 1 atom stereocenters. The molecular weight excluding hydrogens is 569 g/mol. The van der Waals surface area contributed by atoms with Gasteiger partial charge in [0.25, 0.3) is 0 Å². The molecule has 0 aromatic heterocycles. The lowest BCUT2D eigenvalue weighted by atomic mass is 10.0. The highest BCUT2D eigenvalue weighted by molar-refractivity contribution is 7.92. The predicted octanol–water partition coefficient (Wildman–Crippen LogP) is 4.81. The minimum Gasteiger partial charge on any atom is -0.495 e. The summed E-state index contributed by atoms with van der Waals surface area (Å²) >= 11 is 6.22. The highest BCUT2D eigenvalue weighted by atomic mass is 35.5. The number of halogens is 2. The molecule has 3 aromatic rings. The molecular formula is C30H35ClFN3O5S. The van der Waals surface area contributed by atoms with Crippen LogP contribution in [0.15, 0.2) is 72.8 Å². The maximum Gasteiger partial charge on any atom is 0.243 e. The van der Waals surface area contributed by atoms with Crippen molar-refractivity contribution in [2.45, 2.75) is 38.8 Å². The Hall–Kier alpha value is -3.63. The molecule has 220 valence electrons. The average Bonchev–Trinajstić information content (AvgIpc) is 2.94. The number of hydrogen-bond donors (Lipinski definition) is 1. The molecule has 41 heavy (non-hydrogen) atoms. The number of amides is 2. The molecule has 0 heterocycles. The van der Waals surface area contributed by atoms with Crippen LogP contribution in [0.25, 0.3) is 0 Å². The second-order valence-electron chi connectivity index (χ2n) is 9.51. The molecule has 0 saturated heterocycles. The molecule has 0 aliphatic rings. The Morgan fingerprint density at radius 3 is 2.29 bits per heavy atom. The third kappa shape index (κ3) is 9.19. The fraction of sp³-hybridized carbons (Fsp3) is 0.333. The van der Waals surface area contributed by atoms with Gasteiger partial charge in [-0.05, 0) is 54.8 Å². The number of benzene rings is 3. The van der Waals surface area contributed by atoms with Crippen LogP contribution < -0.4 is 14.4 Å². The van der Waals surface area contributed by atoms with E-state index in [0.717, 1.165) is 11.8 Å². The summed E-state index contributed by atoms with van der Waals surface area (Å²) in [5, 5.41) is 3.08. The normalized spacial score (nSPS) is 11.9. The Balaban J connectivity index is 1.86. The van der Waals surface area contributed by atoms with Crippen molar-refractivity contribution < 1.29 is 27.1 Å². The van der Waals surface area contributed by atoms with E-state index in [1.165, 1.54) is 34.5 Å². The van der Waals surface area contributed by atoms with E-state index >= 15 is 0 Å². The minimum atomic E-state index is -3.69. The standard InChI is InChI=1S/C30H35ClFN3O5S/c1-4-33-30(37)27(19-22-9-6-5-7-10-22)34(21-23-12-14-24(32)15-13-23)29(36)11-8-18-35(41(3,38)39)25-16-17-28(40-2)26(31)20-25/h5-7,9-10,12-17,20,27H,4,8,11,18-19,21H2,1-3H3,(H,33,37)/t27-/m0/s1. The Bertz CT molecular complexity index is 1420. The Kier molecular flexibility index (Phi) is 11.5. The van der Waals surface area contributed by atoms with E-state index in [1.54, 1.807) is 31.2 Å². The smallest absolute Gasteiger partial charge is 0.243 e. The van der Waals surface area contributed by atoms with E-state index in [-0.39, 0.29) is 49.2 Å². The SMILES string of the molecule is CCNC(=O)[C@H](Cc1ccccc1)N(Cc1ccc(F)cc1)C(=O)CCCN(c1ccc(OC)c(Cl)c1)S(C)(=O)=O. The van der Waals surface area contributed by atoms with Gasteiger partial charge in [-0.1, -0.05) is 54.1 Å². The zero-order chi connectivity index (χ0) is 30.0. The van der Waals surface area contributed by atoms with Crippen molar-refractivity contribution in [2.75, 3.05) is 30.8 Å². The molecule has 3 rings (SSSR count). The van der Waals surface area contributed by atoms with E-state index in [0.29, 0.717) is 23.5 Å². The molecule has 3 aromatic carbocycles. The molecule has 2 amide bonds. The first kappa shape index (κ1) is 31.9. The van der Waals surface area contributed by atoms with E-state index in [2.05, 4.69) is 5.32 Å². The highest BCUT2D eigenvalue weighted by Gasteiger charge is 2.30. The van der Waals surface area contributed by atoms with Gasteiger partial charge in [0, 0.05) is 32.5 Å². The number of carbonyl (C=O) groups is 2. The topological polar surface area (TPSA) is 96.0 Å². The summed E-state index contributed by atoms with van der Waals surface area (Å²) in [6.07, 6.45) is 1.52. The lowest BCUT2D eigenvalue weighted by Gasteiger charge is -2.32. The first-order valence-corrected chi connectivity index (χ1v) is 15.4. The number of ether oxygens (including phenoxy) is 1. The zero-order valence-corrected chi connectivity index (χ0v) is 24.9. The molecule has 0 bridgehead atoms.